The Morgan fingerprint density at radius 3 is 2.93 bits per heavy atom. The van der Waals surface area contributed by atoms with Gasteiger partial charge in [0.2, 0.25) is 0 Å². The van der Waals surface area contributed by atoms with Crippen molar-refractivity contribution in [2.24, 2.45) is 5.92 Å². The Labute approximate surface area is 91.1 Å². The van der Waals surface area contributed by atoms with Crippen LogP contribution in [0.1, 0.15) is 32.1 Å². The summed E-state index contributed by atoms with van der Waals surface area (Å²) < 4.78 is 1.89. The molecule has 4 nitrogen and oxygen atoms in total. The Morgan fingerprint density at radius 2 is 2.20 bits per heavy atom. The number of aromatic nitrogens is 3. The van der Waals surface area contributed by atoms with E-state index in [1.165, 1.54) is 32.2 Å². The molecular formula is C11H20N4. The second-order valence-corrected chi connectivity index (χ2v) is 4.37. The molecule has 1 aromatic heterocycles. The first-order valence-corrected chi connectivity index (χ1v) is 6.00. The largest absolute Gasteiger partial charge is 0.316 e. The van der Waals surface area contributed by atoms with Crippen LogP contribution in [0, 0.1) is 5.92 Å². The van der Waals surface area contributed by atoms with Crippen molar-refractivity contribution >= 4 is 0 Å². The third-order valence-corrected chi connectivity index (χ3v) is 3.12. The van der Waals surface area contributed by atoms with Gasteiger partial charge < -0.3 is 5.32 Å². The van der Waals surface area contributed by atoms with Crippen molar-refractivity contribution in [3.8, 4) is 0 Å². The zero-order chi connectivity index (χ0) is 10.3. The first-order chi connectivity index (χ1) is 7.45. The molecule has 0 radical (unpaired) electrons. The van der Waals surface area contributed by atoms with Gasteiger partial charge in [-0.1, -0.05) is 18.1 Å². The average Bonchev–Trinajstić information content (AvgIpc) is 2.88. The van der Waals surface area contributed by atoms with E-state index < -0.39 is 0 Å². The highest BCUT2D eigenvalue weighted by Crippen LogP contribution is 2.23. The minimum absolute atomic E-state index is 0.941. The van der Waals surface area contributed by atoms with Crippen LogP contribution in [0.2, 0.25) is 0 Å². The minimum Gasteiger partial charge on any atom is -0.316 e. The van der Waals surface area contributed by atoms with Crippen molar-refractivity contribution in [3.05, 3.63) is 12.4 Å². The molecule has 84 valence electrons. The highest BCUT2D eigenvalue weighted by Gasteiger charge is 2.13. The van der Waals surface area contributed by atoms with Crippen LogP contribution in [0.4, 0.5) is 0 Å². The molecule has 1 saturated carbocycles. The summed E-state index contributed by atoms with van der Waals surface area (Å²) in [5.74, 6) is 0.941. The third kappa shape index (κ3) is 3.63. The Bertz CT molecular complexity index is 252. The lowest BCUT2D eigenvalue weighted by Gasteiger charge is -2.09. The summed E-state index contributed by atoms with van der Waals surface area (Å²) in [7, 11) is 0. The monoisotopic (exact) mass is 208 g/mol. The molecule has 0 saturated heterocycles. The van der Waals surface area contributed by atoms with Crippen LogP contribution in [0.5, 0.6) is 0 Å². The van der Waals surface area contributed by atoms with Gasteiger partial charge in [-0.05, 0) is 38.3 Å². The Kier molecular flexibility index (Phi) is 4.14. The summed E-state index contributed by atoms with van der Waals surface area (Å²) in [5, 5.41) is 11.2. The van der Waals surface area contributed by atoms with Gasteiger partial charge in [-0.3, -0.25) is 4.68 Å². The molecular weight excluding hydrogens is 188 g/mol. The summed E-state index contributed by atoms with van der Waals surface area (Å²) in [5.41, 5.74) is 0. The van der Waals surface area contributed by atoms with Crippen molar-refractivity contribution < 1.29 is 0 Å². The lowest BCUT2D eigenvalue weighted by molar-refractivity contribution is 0.467. The molecule has 0 spiro atoms. The van der Waals surface area contributed by atoms with Crippen molar-refractivity contribution in [3.63, 3.8) is 0 Å². The predicted molar refractivity (Wildman–Crippen MR) is 59.5 cm³/mol. The zero-order valence-corrected chi connectivity index (χ0v) is 9.23. The van der Waals surface area contributed by atoms with E-state index in [4.69, 9.17) is 0 Å². The predicted octanol–water partition coefficient (Wildman–Crippen LogP) is 1.45. The number of hydrogen-bond donors (Lipinski definition) is 1. The minimum atomic E-state index is 0.941. The lowest BCUT2D eigenvalue weighted by atomic mass is 10.1. The molecule has 1 N–H and O–H groups in total. The number of nitrogens with one attached hydrogen (secondary N) is 1. The van der Waals surface area contributed by atoms with Crippen LogP contribution >= 0.6 is 0 Å². The van der Waals surface area contributed by atoms with Gasteiger partial charge in [0.15, 0.2) is 0 Å². The molecule has 0 unspecified atom stereocenters. The first-order valence-electron chi connectivity index (χ1n) is 6.00. The van der Waals surface area contributed by atoms with Crippen molar-refractivity contribution in [1.29, 1.82) is 0 Å². The van der Waals surface area contributed by atoms with E-state index in [1.54, 1.807) is 6.20 Å². The number of rotatable bonds is 6. The number of nitrogens with zero attached hydrogens (tertiary/aromatic N) is 3. The quantitative estimate of drug-likeness (QED) is 0.719. The summed E-state index contributed by atoms with van der Waals surface area (Å²) in [6.07, 6.45) is 10.5. The number of aryl methyl sites for hydroxylation is 1. The fourth-order valence-corrected chi connectivity index (χ4v) is 2.24. The van der Waals surface area contributed by atoms with Gasteiger partial charge in [-0.2, -0.15) is 0 Å². The summed E-state index contributed by atoms with van der Waals surface area (Å²) in [4.78, 5) is 0. The maximum absolute atomic E-state index is 3.93. The van der Waals surface area contributed by atoms with Crippen molar-refractivity contribution in [2.75, 3.05) is 13.1 Å². The van der Waals surface area contributed by atoms with Gasteiger partial charge >= 0.3 is 0 Å². The fourth-order valence-electron chi connectivity index (χ4n) is 2.24. The van der Waals surface area contributed by atoms with Gasteiger partial charge in [-0.15, -0.1) is 5.10 Å². The zero-order valence-electron chi connectivity index (χ0n) is 9.23. The Hall–Kier alpha value is -0.900. The highest BCUT2D eigenvalue weighted by atomic mass is 15.4. The Balaban J connectivity index is 1.48. The summed E-state index contributed by atoms with van der Waals surface area (Å²) in [6, 6.07) is 0. The SMILES string of the molecule is c1cn(CCCNCC2CCCC2)nn1. The normalized spacial score (nSPS) is 17.3. The molecule has 4 heteroatoms. The lowest BCUT2D eigenvalue weighted by Crippen LogP contribution is -2.23. The van der Waals surface area contributed by atoms with E-state index in [0.717, 1.165) is 25.4 Å². The Morgan fingerprint density at radius 1 is 1.33 bits per heavy atom. The first kappa shape index (κ1) is 10.6. The second-order valence-electron chi connectivity index (χ2n) is 4.37. The van der Waals surface area contributed by atoms with Gasteiger partial charge in [0, 0.05) is 12.7 Å². The fraction of sp³-hybridized carbons (Fsp3) is 0.818. The van der Waals surface area contributed by atoms with E-state index in [1.807, 2.05) is 10.9 Å². The van der Waals surface area contributed by atoms with E-state index in [-0.39, 0.29) is 0 Å². The molecule has 0 bridgehead atoms. The van der Waals surface area contributed by atoms with E-state index in [0.29, 0.717) is 0 Å². The molecule has 0 atom stereocenters. The molecule has 0 aliphatic heterocycles. The molecule has 0 amide bonds. The van der Waals surface area contributed by atoms with Gasteiger partial charge in [0.05, 0.1) is 6.20 Å². The average molecular weight is 208 g/mol. The van der Waals surface area contributed by atoms with E-state index >= 15 is 0 Å². The molecule has 1 aliphatic rings. The van der Waals surface area contributed by atoms with Gasteiger partial charge in [0.25, 0.3) is 0 Å². The number of hydrogen-bond acceptors (Lipinski definition) is 3. The molecule has 0 aromatic carbocycles. The molecule has 2 rings (SSSR count). The van der Waals surface area contributed by atoms with Crippen LogP contribution in [-0.4, -0.2) is 28.1 Å². The third-order valence-electron chi connectivity index (χ3n) is 3.12. The van der Waals surface area contributed by atoms with Crippen LogP contribution in [0.25, 0.3) is 0 Å². The molecule has 1 aliphatic carbocycles. The second kappa shape index (κ2) is 5.85. The van der Waals surface area contributed by atoms with Crippen LogP contribution < -0.4 is 5.32 Å². The molecule has 15 heavy (non-hydrogen) atoms. The van der Waals surface area contributed by atoms with E-state index in [9.17, 15) is 0 Å². The van der Waals surface area contributed by atoms with Crippen molar-refractivity contribution in [1.82, 2.24) is 20.3 Å². The maximum Gasteiger partial charge on any atom is 0.0692 e. The van der Waals surface area contributed by atoms with E-state index in [2.05, 4.69) is 15.6 Å². The molecule has 1 fully saturated rings. The summed E-state index contributed by atoms with van der Waals surface area (Å²) >= 11 is 0. The van der Waals surface area contributed by atoms with Crippen molar-refractivity contribution in [2.45, 2.75) is 38.6 Å². The summed E-state index contributed by atoms with van der Waals surface area (Å²) in [6.45, 7) is 3.27. The van der Waals surface area contributed by atoms with Crippen LogP contribution in [0.3, 0.4) is 0 Å². The molecule has 1 heterocycles. The topological polar surface area (TPSA) is 42.7 Å². The highest BCUT2D eigenvalue weighted by molar-refractivity contribution is 4.69. The van der Waals surface area contributed by atoms with Crippen LogP contribution in [0.15, 0.2) is 12.4 Å². The standard InChI is InChI=1S/C11H20N4/c1-2-5-11(4-1)10-12-6-3-8-15-9-7-13-14-15/h7,9,11-12H,1-6,8,10H2. The van der Waals surface area contributed by atoms with Gasteiger partial charge in [0.1, 0.15) is 0 Å². The van der Waals surface area contributed by atoms with Crippen LogP contribution in [-0.2, 0) is 6.54 Å². The van der Waals surface area contributed by atoms with Gasteiger partial charge in [-0.25, -0.2) is 0 Å². The smallest absolute Gasteiger partial charge is 0.0692 e. The maximum atomic E-state index is 3.93. The molecule has 1 aromatic rings.